The third-order valence-corrected chi connectivity index (χ3v) is 4.63. The highest BCUT2D eigenvalue weighted by Crippen LogP contribution is 2.28. The number of amides is 1. The van der Waals surface area contributed by atoms with Gasteiger partial charge in [-0.05, 0) is 25.8 Å². The second-order valence-corrected chi connectivity index (χ2v) is 6.52. The van der Waals surface area contributed by atoms with Gasteiger partial charge in [0.15, 0.2) is 0 Å². The molecule has 8 heteroatoms. The third-order valence-electron chi connectivity index (χ3n) is 4.63. The van der Waals surface area contributed by atoms with Gasteiger partial charge in [-0.15, -0.1) is 24.8 Å². The standard InChI is InChI=1S/C18H27F2N3O.2ClH/c1-3-17(15-6-5-14(19)12-16(15)20)22-8-10-23(11-9-22)18(24)7-4-13(2)21;;/h5-6,12-13,17H,3-4,7-11,21H2,1-2H3;2*1H. The van der Waals surface area contributed by atoms with E-state index in [1.54, 1.807) is 0 Å². The molecule has 1 heterocycles. The van der Waals surface area contributed by atoms with Gasteiger partial charge in [-0.3, -0.25) is 9.69 Å². The molecule has 1 aliphatic heterocycles. The molecule has 2 atom stereocenters. The first kappa shape index (κ1) is 25.1. The molecule has 1 fully saturated rings. The Bertz CT molecular complexity index is 567. The van der Waals surface area contributed by atoms with Crippen molar-refractivity contribution < 1.29 is 13.6 Å². The summed E-state index contributed by atoms with van der Waals surface area (Å²) in [5.41, 5.74) is 6.22. The van der Waals surface area contributed by atoms with Crippen LogP contribution in [0.1, 0.15) is 44.7 Å². The summed E-state index contributed by atoms with van der Waals surface area (Å²) in [6.07, 6.45) is 1.90. The molecule has 0 radical (unpaired) electrons. The fourth-order valence-electron chi connectivity index (χ4n) is 3.24. The molecule has 150 valence electrons. The van der Waals surface area contributed by atoms with Gasteiger partial charge in [-0.1, -0.05) is 13.0 Å². The lowest BCUT2D eigenvalue weighted by Gasteiger charge is -2.39. The molecule has 2 rings (SSSR count). The molecule has 0 aromatic heterocycles. The number of carbonyl (C=O) groups is 1. The number of rotatable bonds is 6. The van der Waals surface area contributed by atoms with E-state index >= 15 is 0 Å². The molecule has 1 aromatic rings. The smallest absolute Gasteiger partial charge is 0.222 e. The van der Waals surface area contributed by atoms with E-state index in [1.165, 1.54) is 12.1 Å². The van der Waals surface area contributed by atoms with Crippen LogP contribution in [0.2, 0.25) is 0 Å². The molecule has 1 aromatic carbocycles. The van der Waals surface area contributed by atoms with E-state index in [4.69, 9.17) is 5.73 Å². The maximum absolute atomic E-state index is 14.1. The van der Waals surface area contributed by atoms with Gasteiger partial charge < -0.3 is 10.6 Å². The van der Waals surface area contributed by atoms with Gasteiger partial charge in [-0.25, -0.2) is 8.78 Å². The SMILES string of the molecule is CCC(c1ccc(F)cc1F)N1CCN(C(=O)CCC(C)N)CC1.Cl.Cl. The van der Waals surface area contributed by atoms with Gasteiger partial charge in [0.05, 0.1) is 0 Å². The second-order valence-electron chi connectivity index (χ2n) is 6.52. The fourth-order valence-corrected chi connectivity index (χ4v) is 3.24. The summed E-state index contributed by atoms with van der Waals surface area (Å²) in [5, 5.41) is 0. The van der Waals surface area contributed by atoms with Gasteiger partial charge in [0, 0.05) is 56.3 Å². The molecule has 4 nitrogen and oxygen atoms in total. The van der Waals surface area contributed by atoms with Crippen LogP contribution in [-0.4, -0.2) is 47.9 Å². The van der Waals surface area contributed by atoms with Crippen molar-refractivity contribution in [3.05, 3.63) is 35.4 Å². The number of benzene rings is 1. The van der Waals surface area contributed by atoms with Gasteiger partial charge in [0.1, 0.15) is 11.6 Å². The van der Waals surface area contributed by atoms with E-state index in [0.29, 0.717) is 44.6 Å². The summed E-state index contributed by atoms with van der Waals surface area (Å²) in [6, 6.07) is 3.70. The Morgan fingerprint density at radius 2 is 1.81 bits per heavy atom. The molecule has 1 amide bonds. The first-order valence-electron chi connectivity index (χ1n) is 8.64. The predicted octanol–water partition coefficient (Wildman–Crippen LogP) is 3.53. The molecule has 1 saturated heterocycles. The van der Waals surface area contributed by atoms with E-state index < -0.39 is 11.6 Å². The molecule has 2 unspecified atom stereocenters. The Balaban J connectivity index is 0.00000312. The zero-order valence-corrected chi connectivity index (χ0v) is 16.9. The highest BCUT2D eigenvalue weighted by molar-refractivity contribution is 5.85. The molecular weight excluding hydrogens is 383 g/mol. The molecule has 1 aliphatic rings. The number of nitrogens with two attached hydrogens (primary N) is 1. The van der Waals surface area contributed by atoms with Gasteiger partial charge in [-0.2, -0.15) is 0 Å². The molecular formula is C18H29Cl2F2N3O. The van der Waals surface area contributed by atoms with Crippen LogP contribution in [-0.2, 0) is 4.79 Å². The lowest BCUT2D eigenvalue weighted by molar-refractivity contribution is -0.133. The summed E-state index contributed by atoms with van der Waals surface area (Å²) in [6.45, 7) is 6.55. The lowest BCUT2D eigenvalue weighted by atomic mass is 10.0. The molecule has 0 aliphatic carbocycles. The lowest BCUT2D eigenvalue weighted by Crippen LogP contribution is -2.49. The molecule has 0 saturated carbocycles. The van der Waals surface area contributed by atoms with Crippen molar-refractivity contribution in [2.75, 3.05) is 26.2 Å². The van der Waals surface area contributed by atoms with Crippen molar-refractivity contribution in [2.45, 2.75) is 45.2 Å². The number of halogens is 4. The van der Waals surface area contributed by atoms with E-state index in [0.717, 1.165) is 12.5 Å². The Labute approximate surface area is 166 Å². The van der Waals surface area contributed by atoms with Crippen LogP contribution in [0.15, 0.2) is 18.2 Å². The third kappa shape index (κ3) is 6.65. The van der Waals surface area contributed by atoms with Crippen LogP contribution in [0.3, 0.4) is 0 Å². The number of hydrogen-bond donors (Lipinski definition) is 1. The summed E-state index contributed by atoms with van der Waals surface area (Å²) in [5.74, 6) is -0.930. The van der Waals surface area contributed by atoms with Crippen LogP contribution in [0, 0.1) is 11.6 Å². The highest BCUT2D eigenvalue weighted by Gasteiger charge is 2.27. The normalized spacial score (nSPS) is 17.0. The molecule has 2 N–H and O–H groups in total. The first-order chi connectivity index (χ1) is 11.4. The monoisotopic (exact) mass is 411 g/mol. The largest absolute Gasteiger partial charge is 0.340 e. The Morgan fingerprint density at radius 3 is 2.31 bits per heavy atom. The summed E-state index contributed by atoms with van der Waals surface area (Å²) < 4.78 is 27.2. The first-order valence-corrected chi connectivity index (χ1v) is 8.64. The number of nitrogens with zero attached hydrogens (tertiary/aromatic N) is 2. The topological polar surface area (TPSA) is 49.6 Å². The van der Waals surface area contributed by atoms with Crippen molar-refractivity contribution >= 4 is 30.7 Å². The summed E-state index contributed by atoms with van der Waals surface area (Å²) in [7, 11) is 0. The van der Waals surface area contributed by atoms with Crippen molar-refractivity contribution in [2.24, 2.45) is 5.73 Å². The van der Waals surface area contributed by atoms with Crippen LogP contribution < -0.4 is 5.73 Å². The zero-order valence-electron chi connectivity index (χ0n) is 15.3. The minimum absolute atomic E-state index is 0. The highest BCUT2D eigenvalue weighted by atomic mass is 35.5. The molecule has 26 heavy (non-hydrogen) atoms. The average Bonchev–Trinajstić information content (AvgIpc) is 2.55. The van der Waals surface area contributed by atoms with E-state index in [2.05, 4.69) is 4.90 Å². The Kier molecular flexibility index (Phi) is 11.3. The van der Waals surface area contributed by atoms with Gasteiger partial charge >= 0.3 is 0 Å². The quantitative estimate of drug-likeness (QED) is 0.778. The second kappa shape index (κ2) is 11.7. The van der Waals surface area contributed by atoms with Crippen molar-refractivity contribution in [1.82, 2.24) is 9.80 Å². The van der Waals surface area contributed by atoms with Crippen LogP contribution in [0.25, 0.3) is 0 Å². The van der Waals surface area contributed by atoms with Crippen LogP contribution in [0.5, 0.6) is 0 Å². The van der Waals surface area contributed by atoms with Crippen molar-refractivity contribution in [1.29, 1.82) is 0 Å². The predicted molar refractivity (Wildman–Crippen MR) is 105 cm³/mol. The maximum atomic E-state index is 14.1. The number of piperazine rings is 1. The summed E-state index contributed by atoms with van der Waals surface area (Å²) in [4.78, 5) is 16.2. The fraction of sp³-hybridized carbons (Fsp3) is 0.611. The van der Waals surface area contributed by atoms with E-state index in [1.807, 2.05) is 18.7 Å². The minimum atomic E-state index is -0.560. The van der Waals surface area contributed by atoms with Crippen LogP contribution in [0.4, 0.5) is 8.78 Å². The zero-order chi connectivity index (χ0) is 17.7. The number of carbonyl (C=O) groups excluding carboxylic acids is 1. The van der Waals surface area contributed by atoms with Gasteiger partial charge in [0.2, 0.25) is 5.91 Å². The number of hydrogen-bond acceptors (Lipinski definition) is 3. The minimum Gasteiger partial charge on any atom is -0.340 e. The van der Waals surface area contributed by atoms with Gasteiger partial charge in [0.25, 0.3) is 0 Å². The van der Waals surface area contributed by atoms with Crippen molar-refractivity contribution in [3.63, 3.8) is 0 Å². The maximum Gasteiger partial charge on any atom is 0.222 e. The van der Waals surface area contributed by atoms with E-state index in [9.17, 15) is 13.6 Å². The molecule has 0 bridgehead atoms. The van der Waals surface area contributed by atoms with E-state index in [-0.39, 0.29) is 42.8 Å². The Hall–Kier alpha value is -0.950. The summed E-state index contributed by atoms with van der Waals surface area (Å²) >= 11 is 0. The molecule has 0 spiro atoms. The van der Waals surface area contributed by atoms with Crippen LogP contribution >= 0.6 is 24.8 Å². The average molecular weight is 412 g/mol. The Morgan fingerprint density at radius 1 is 1.19 bits per heavy atom. The van der Waals surface area contributed by atoms with Crippen molar-refractivity contribution in [3.8, 4) is 0 Å².